The summed E-state index contributed by atoms with van der Waals surface area (Å²) in [4.78, 5) is 4.62. The van der Waals surface area contributed by atoms with Gasteiger partial charge >= 0.3 is 0 Å². The number of hydrogen-bond acceptors (Lipinski definition) is 2. The van der Waals surface area contributed by atoms with Gasteiger partial charge in [0.1, 0.15) is 17.4 Å². The lowest BCUT2D eigenvalue weighted by atomic mass is 10.2. The van der Waals surface area contributed by atoms with Crippen molar-refractivity contribution in [2.24, 2.45) is 0 Å². The number of halogens is 2. The highest BCUT2D eigenvalue weighted by molar-refractivity contribution is 14.1. The number of fused-ring (bicyclic) bond motifs is 1. The molecule has 1 fully saturated rings. The average molecular weight is 394 g/mol. The van der Waals surface area contributed by atoms with Crippen LogP contribution in [0.4, 0.5) is 4.39 Å². The molecule has 1 heterocycles. The molecule has 1 saturated carbocycles. The van der Waals surface area contributed by atoms with Crippen molar-refractivity contribution in [3.8, 4) is 17.1 Å². The van der Waals surface area contributed by atoms with Crippen molar-refractivity contribution >= 4 is 33.6 Å². The number of phenols is 1. The van der Waals surface area contributed by atoms with E-state index in [0.29, 0.717) is 17.4 Å². The molecule has 1 aliphatic carbocycles. The molecule has 1 N–H and O–H groups in total. The minimum Gasteiger partial charge on any atom is -0.507 e. The normalized spacial score (nSPS) is 14.8. The molecule has 0 aliphatic heterocycles. The van der Waals surface area contributed by atoms with Crippen LogP contribution in [0.3, 0.4) is 0 Å². The maximum atomic E-state index is 13.6. The van der Waals surface area contributed by atoms with E-state index in [-0.39, 0.29) is 11.6 Å². The molecule has 0 saturated heterocycles. The molecule has 0 radical (unpaired) electrons. The Kier molecular flexibility index (Phi) is 2.92. The van der Waals surface area contributed by atoms with E-state index in [1.807, 2.05) is 12.1 Å². The van der Waals surface area contributed by atoms with Gasteiger partial charge in [0.15, 0.2) is 0 Å². The second-order valence-electron chi connectivity index (χ2n) is 5.33. The van der Waals surface area contributed by atoms with Crippen molar-refractivity contribution in [2.75, 3.05) is 0 Å². The Balaban J connectivity index is 2.04. The summed E-state index contributed by atoms with van der Waals surface area (Å²) in [5.41, 5.74) is 2.26. The number of aromatic hydroxyl groups is 1. The summed E-state index contributed by atoms with van der Waals surface area (Å²) in [6.07, 6.45) is 2.14. The van der Waals surface area contributed by atoms with E-state index in [4.69, 9.17) is 0 Å². The number of imidazole rings is 1. The minimum atomic E-state index is -0.261. The van der Waals surface area contributed by atoms with Gasteiger partial charge in [-0.2, -0.15) is 0 Å². The lowest BCUT2D eigenvalue weighted by molar-refractivity contribution is 0.476. The zero-order valence-corrected chi connectivity index (χ0v) is 13.2. The Morgan fingerprint density at radius 2 is 2.00 bits per heavy atom. The van der Waals surface area contributed by atoms with E-state index >= 15 is 0 Å². The standard InChI is InChI=1S/C16H12FIN2O/c17-9-1-5-13-14(7-9)20(11-3-4-11)16(19-13)12-8-10(18)2-6-15(12)21/h1-2,5-8,11,21H,3-4H2. The van der Waals surface area contributed by atoms with Crippen LogP contribution >= 0.6 is 22.6 Å². The summed E-state index contributed by atoms with van der Waals surface area (Å²) in [6, 6.07) is 10.4. The molecule has 0 amide bonds. The number of aromatic nitrogens is 2. The second-order valence-corrected chi connectivity index (χ2v) is 6.58. The van der Waals surface area contributed by atoms with Crippen LogP contribution in [-0.2, 0) is 0 Å². The van der Waals surface area contributed by atoms with E-state index in [0.717, 1.165) is 27.4 Å². The predicted octanol–water partition coefficient (Wildman–Crippen LogP) is 4.49. The first kappa shape index (κ1) is 13.1. The van der Waals surface area contributed by atoms with Gasteiger partial charge in [-0.25, -0.2) is 9.37 Å². The minimum absolute atomic E-state index is 0.202. The summed E-state index contributed by atoms with van der Waals surface area (Å²) in [5.74, 6) is 0.657. The van der Waals surface area contributed by atoms with Gasteiger partial charge in [0.2, 0.25) is 0 Å². The van der Waals surface area contributed by atoms with Crippen molar-refractivity contribution < 1.29 is 9.50 Å². The zero-order valence-electron chi connectivity index (χ0n) is 11.1. The molecule has 106 valence electrons. The fourth-order valence-electron chi connectivity index (χ4n) is 2.65. The maximum Gasteiger partial charge on any atom is 0.145 e. The topological polar surface area (TPSA) is 38.1 Å². The second kappa shape index (κ2) is 4.69. The van der Waals surface area contributed by atoms with E-state index < -0.39 is 0 Å². The lowest BCUT2D eigenvalue weighted by Crippen LogP contribution is -1.98. The van der Waals surface area contributed by atoms with Crippen LogP contribution in [0.15, 0.2) is 36.4 Å². The smallest absolute Gasteiger partial charge is 0.145 e. The molecule has 2 aromatic carbocycles. The number of hydrogen-bond donors (Lipinski definition) is 1. The van der Waals surface area contributed by atoms with E-state index in [1.165, 1.54) is 12.1 Å². The number of rotatable bonds is 2. The highest BCUT2D eigenvalue weighted by Crippen LogP contribution is 2.43. The van der Waals surface area contributed by atoms with E-state index in [1.54, 1.807) is 12.1 Å². The van der Waals surface area contributed by atoms with Gasteiger partial charge in [0, 0.05) is 9.61 Å². The average Bonchev–Trinajstić information content (AvgIpc) is 3.22. The Hall–Kier alpha value is -1.63. The maximum absolute atomic E-state index is 13.6. The van der Waals surface area contributed by atoms with Gasteiger partial charge in [0.25, 0.3) is 0 Å². The molecule has 1 aromatic heterocycles. The monoisotopic (exact) mass is 394 g/mol. The third-order valence-corrected chi connectivity index (χ3v) is 4.43. The molecule has 4 rings (SSSR count). The molecule has 0 atom stereocenters. The summed E-state index contributed by atoms with van der Waals surface area (Å²) in [7, 11) is 0. The highest BCUT2D eigenvalue weighted by atomic mass is 127. The Morgan fingerprint density at radius 3 is 2.76 bits per heavy atom. The first-order chi connectivity index (χ1) is 10.1. The van der Waals surface area contributed by atoms with E-state index in [2.05, 4.69) is 32.1 Å². The van der Waals surface area contributed by atoms with Crippen LogP contribution in [0.25, 0.3) is 22.4 Å². The molecular formula is C16H12FIN2O. The molecule has 1 aliphatic rings. The number of benzene rings is 2. The highest BCUT2D eigenvalue weighted by Gasteiger charge is 2.29. The van der Waals surface area contributed by atoms with Crippen LogP contribution in [-0.4, -0.2) is 14.7 Å². The van der Waals surface area contributed by atoms with Crippen LogP contribution in [0.2, 0.25) is 0 Å². The summed E-state index contributed by atoms with van der Waals surface area (Å²) in [6.45, 7) is 0. The molecule has 0 bridgehead atoms. The summed E-state index contributed by atoms with van der Waals surface area (Å²) >= 11 is 2.21. The fourth-order valence-corrected chi connectivity index (χ4v) is 3.14. The summed E-state index contributed by atoms with van der Waals surface area (Å²) < 4.78 is 16.7. The molecule has 3 aromatic rings. The third kappa shape index (κ3) is 2.19. The Morgan fingerprint density at radius 1 is 1.19 bits per heavy atom. The van der Waals surface area contributed by atoms with Crippen molar-refractivity contribution in [3.63, 3.8) is 0 Å². The van der Waals surface area contributed by atoms with Crippen molar-refractivity contribution in [3.05, 3.63) is 45.8 Å². The molecule has 0 unspecified atom stereocenters. The largest absolute Gasteiger partial charge is 0.507 e. The summed E-state index contributed by atoms with van der Waals surface area (Å²) in [5, 5.41) is 10.2. The van der Waals surface area contributed by atoms with Gasteiger partial charge < -0.3 is 9.67 Å². The quantitative estimate of drug-likeness (QED) is 0.651. The molecular weight excluding hydrogens is 382 g/mol. The molecule has 3 nitrogen and oxygen atoms in total. The number of nitrogens with zero attached hydrogens (tertiary/aromatic N) is 2. The van der Waals surface area contributed by atoms with Crippen LogP contribution < -0.4 is 0 Å². The Labute approximate surface area is 134 Å². The molecule has 21 heavy (non-hydrogen) atoms. The van der Waals surface area contributed by atoms with Crippen molar-refractivity contribution in [1.29, 1.82) is 0 Å². The van der Waals surface area contributed by atoms with E-state index in [9.17, 15) is 9.50 Å². The van der Waals surface area contributed by atoms with Crippen molar-refractivity contribution in [1.82, 2.24) is 9.55 Å². The van der Waals surface area contributed by atoms with Gasteiger partial charge in [-0.05, 0) is 71.8 Å². The first-order valence-electron chi connectivity index (χ1n) is 6.80. The molecule has 5 heteroatoms. The van der Waals surface area contributed by atoms with Crippen LogP contribution in [0.1, 0.15) is 18.9 Å². The third-order valence-electron chi connectivity index (χ3n) is 3.76. The van der Waals surface area contributed by atoms with Gasteiger partial charge in [-0.3, -0.25) is 0 Å². The lowest BCUT2D eigenvalue weighted by Gasteiger charge is -2.09. The van der Waals surface area contributed by atoms with Crippen LogP contribution in [0, 0.1) is 9.39 Å². The zero-order chi connectivity index (χ0) is 14.6. The van der Waals surface area contributed by atoms with Crippen LogP contribution in [0.5, 0.6) is 5.75 Å². The van der Waals surface area contributed by atoms with Gasteiger partial charge in [-0.15, -0.1) is 0 Å². The van der Waals surface area contributed by atoms with Gasteiger partial charge in [0.05, 0.1) is 16.6 Å². The van der Waals surface area contributed by atoms with Gasteiger partial charge in [-0.1, -0.05) is 0 Å². The number of phenolic OH excluding ortho intramolecular Hbond substituents is 1. The SMILES string of the molecule is Oc1ccc(I)cc1-c1nc2ccc(F)cc2n1C1CC1. The Bertz CT molecular complexity index is 855. The van der Waals surface area contributed by atoms with Crippen molar-refractivity contribution in [2.45, 2.75) is 18.9 Å². The fraction of sp³-hybridized carbons (Fsp3) is 0.188. The molecule has 0 spiro atoms. The first-order valence-corrected chi connectivity index (χ1v) is 7.88. The predicted molar refractivity (Wildman–Crippen MR) is 87.8 cm³/mol.